The zero-order chi connectivity index (χ0) is 55.2. The van der Waals surface area contributed by atoms with E-state index >= 15 is 0 Å². The minimum atomic E-state index is -2.17. The van der Waals surface area contributed by atoms with Crippen molar-refractivity contribution in [3.05, 3.63) is 200 Å². The van der Waals surface area contributed by atoms with E-state index in [4.69, 9.17) is 36.6 Å². The Balaban J connectivity index is 0.000000737. The van der Waals surface area contributed by atoms with E-state index in [9.17, 15) is 0 Å². The lowest BCUT2D eigenvalue weighted by Crippen LogP contribution is -2.15. The third-order valence-corrected chi connectivity index (χ3v) is 13.9. The van der Waals surface area contributed by atoms with Gasteiger partial charge in [-0.15, -0.1) is 6.58 Å². The zero-order valence-corrected chi connectivity index (χ0v) is 48.7. The molecule has 0 radical (unpaired) electrons. The molecule has 76 heavy (non-hydrogen) atoms. The van der Waals surface area contributed by atoms with Gasteiger partial charge >= 0.3 is 17.2 Å². The predicted molar refractivity (Wildman–Crippen MR) is 324 cm³/mol. The van der Waals surface area contributed by atoms with Crippen LogP contribution in [0.1, 0.15) is 93.7 Å². The topological polar surface area (TPSA) is 73.8 Å². The largest absolute Gasteiger partial charge is 0.530 e. The third kappa shape index (κ3) is 15.9. The van der Waals surface area contributed by atoms with Gasteiger partial charge in [0.2, 0.25) is 0 Å². The highest BCUT2D eigenvalue weighted by Crippen LogP contribution is 2.55. The summed E-state index contributed by atoms with van der Waals surface area (Å²) >= 11 is 0. The molecule has 0 heterocycles. The van der Waals surface area contributed by atoms with Crippen molar-refractivity contribution in [1.82, 2.24) is 0 Å². The molecule has 8 rings (SSSR count). The molecule has 0 N–H and O–H groups in total. The number of fused-ring (bicyclic) bond motifs is 3. The van der Waals surface area contributed by atoms with Crippen LogP contribution in [0.5, 0.6) is 40.2 Å². The zero-order valence-electron chi connectivity index (χ0n) is 46.9. The summed E-state index contributed by atoms with van der Waals surface area (Å²) in [6, 6.07) is 50.0. The van der Waals surface area contributed by atoms with Crippen LogP contribution in [0, 0.1) is 5.92 Å². The summed E-state index contributed by atoms with van der Waals surface area (Å²) in [5.41, 5.74) is 3.85. The Labute approximate surface area is 456 Å². The molecule has 0 spiro atoms. The van der Waals surface area contributed by atoms with Gasteiger partial charge in [-0.3, -0.25) is 4.52 Å². The van der Waals surface area contributed by atoms with Crippen LogP contribution < -0.4 is 32.1 Å². The second-order valence-electron chi connectivity index (χ2n) is 18.3. The van der Waals surface area contributed by atoms with Gasteiger partial charge in [0.15, 0.2) is 0 Å². The minimum Gasteiger partial charge on any atom is -0.497 e. The van der Waals surface area contributed by atoms with Crippen LogP contribution in [0.25, 0.3) is 43.4 Å². The lowest BCUT2D eigenvalue weighted by molar-refractivity contribution is 0.293. The van der Waals surface area contributed by atoms with E-state index in [0.29, 0.717) is 63.7 Å². The first kappa shape index (κ1) is 60.0. The molecule has 0 amide bonds. The number of hydrogen-bond acceptors (Lipinski definition) is 8. The quantitative estimate of drug-likeness (QED) is 0.0425. The molecule has 8 aromatic rings. The molecule has 0 bridgehead atoms. The Morgan fingerprint density at radius 1 is 0.553 bits per heavy atom. The molecule has 0 aromatic heterocycles. The van der Waals surface area contributed by atoms with E-state index in [2.05, 4.69) is 98.0 Å². The third-order valence-electron chi connectivity index (χ3n) is 11.9. The highest BCUT2D eigenvalue weighted by Gasteiger charge is 2.32. The summed E-state index contributed by atoms with van der Waals surface area (Å²) in [4.78, 5) is 0. The average Bonchev–Trinajstić information content (AvgIpc) is 3.45. The molecule has 1 unspecified atom stereocenters. The van der Waals surface area contributed by atoms with Gasteiger partial charge in [0.05, 0.1) is 20.8 Å². The summed E-state index contributed by atoms with van der Waals surface area (Å²) in [5, 5.41) is 5.89. The second-order valence-corrected chi connectivity index (χ2v) is 20.3. The van der Waals surface area contributed by atoms with Crippen molar-refractivity contribution in [2.75, 3.05) is 20.8 Å². The molecular formula is C66H78O8P2. The van der Waals surface area contributed by atoms with E-state index < -0.39 is 22.6 Å². The van der Waals surface area contributed by atoms with E-state index in [1.54, 1.807) is 20.3 Å². The maximum atomic E-state index is 7.19. The van der Waals surface area contributed by atoms with Crippen molar-refractivity contribution in [1.29, 1.82) is 0 Å². The molecule has 1 atom stereocenters. The minimum absolute atomic E-state index is 0.196. The number of ether oxygens (including phenoxy) is 2. The van der Waals surface area contributed by atoms with Gasteiger partial charge in [-0.25, -0.2) is 0 Å². The van der Waals surface area contributed by atoms with Crippen molar-refractivity contribution in [3.8, 4) is 51.4 Å². The lowest BCUT2D eigenvalue weighted by atomic mass is 9.83. The number of aryl methyl sites for hydroxylation is 1. The fourth-order valence-electron chi connectivity index (χ4n) is 7.84. The van der Waals surface area contributed by atoms with E-state index in [0.717, 1.165) is 49.9 Å². The van der Waals surface area contributed by atoms with Crippen LogP contribution in [0.15, 0.2) is 189 Å². The van der Waals surface area contributed by atoms with Gasteiger partial charge in [-0.2, -0.15) is 0 Å². The predicted octanol–water partition coefficient (Wildman–Crippen LogP) is 20.6. The number of methoxy groups -OCH3 is 2. The van der Waals surface area contributed by atoms with Crippen LogP contribution >= 0.6 is 17.2 Å². The Hall–Kier alpha value is -6.82. The standard InChI is InChI=1S/C53H50O8P2.C9H16.2C2H6/c1-8-31-56-62(57-48-28-16-22-37-19-10-13-25-42(37)48)61-52-46(34-41(55-7)35-47(52)53(3,4)5)45-33-40(54-6)32-36(9-2)51(45)60-63(58-49-29-17-23-38-20-11-14-26-43(38)49)59-50-30-18-24-39-21-12-15-27-44(39)50;1-5-6-7-9(4)8(2)3;2*1-2/h8,10-30,32-35H,1,9,31H2,2-7H3;6-8H,4-5H2,1-3H3;2*1-2H3/b;7-6-;;. The Kier molecular flexibility index (Phi) is 23.7. The van der Waals surface area contributed by atoms with Gasteiger partial charge in [-0.1, -0.05) is 216 Å². The van der Waals surface area contributed by atoms with Gasteiger partial charge in [-0.05, 0) is 88.4 Å². The Morgan fingerprint density at radius 2 is 0.974 bits per heavy atom. The van der Waals surface area contributed by atoms with E-state index in [-0.39, 0.29) is 6.61 Å². The van der Waals surface area contributed by atoms with Gasteiger partial charge in [0.1, 0.15) is 40.2 Å². The molecule has 0 saturated heterocycles. The van der Waals surface area contributed by atoms with Crippen LogP contribution in [-0.4, -0.2) is 20.8 Å². The molecule has 8 aromatic carbocycles. The molecule has 0 aliphatic carbocycles. The van der Waals surface area contributed by atoms with Crippen LogP contribution in [0.2, 0.25) is 0 Å². The number of benzene rings is 8. The summed E-state index contributed by atoms with van der Waals surface area (Å²) in [6.45, 7) is 30.9. The molecule has 0 aliphatic heterocycles. The monoisotopic (exact) mass is 1060 g/mol. The summed E-state index contributed by atoms with van der Waals surface area (Å²) in [6.07, 6.45) is 7.62. The maximum Gasteiger partial charge on any atom is 0.530 e. The first-order valence-electron chi connectivity index (χ1n) is 26.3. The Morgan fingerprint density at radius 3 is 1.39 bits per heavy atom. The van der Waals surface area contributed by atoms with Crippen molar-refractivity contribution < 1.29 is 36.6 Å². The summed E-state index contributed by atoms with van der Waals surface area (Å²) in [7, 11) is -0.915. The maximum absolute atomic E-state index is 7.19. The molecule has 0 fully saturated rings. The molecule has 0 aliphatic rings. The highest BCUT2D eigenvalue weighted by molar-refractivity contribution is 7.43. The summed E-state index contributed by atoms with van der Waals surface area (Å²) in [5.74, 6) is 4.81. The SMILES string of the molecule is C=C(/C=C\CC)C(C)C.C=CCOP(Oc1c(-c2cc(OC)cc(CC)c2OP(Oc2cccc3ccccc23)Oc2cccc3ccccc23)cc(OC)cc1C(C)(C)C)Oc1cccc2ccccc12.CC.CC. The first-order valence-corrected chi connectivity index (χ1v) is 28.5. The van der Waals surface area contributed by atoms with Gasteiger partial charge in [0, 0.05) is 32.8 Å². The fourth-order valence-corrected chi connectivity index (χ4v) is 9.99. The fraction of sp³-hybridized carbons (Fsp3) is 0.273. The second kappa shape index (κ2) is 30.1. The highest BCUT2D eigenvalue weighted by atomic mass is 31.2. The molecule has 0 saturated carbocycles. The Bertz CT molecular complexity index is 3060. The molecule has 8 nitrogen and oxygen atoms in total. The lowest BCUT2D eigenvalue weighted by Gasteiger charge is -2.29. The normalized spacial score (nSPS) is 11.4. The smallest absolute Gasteiger partial charge is 0.497 e. The first-order chi connectivity index (χ1) is 36.8. The van der Waals surface area contributed by atoms with Crippen LogP contribution in [0.4, 0.5) is 0 Å². The average molecular weight is 1060 g/mol. The van der Waals surface area contributed by atoms with Gasteiger partial charge < -0.3 is 32.1 Å². The number of rotatable bonds is 20. The van der Waals surface area contributed by atoms with Gasteiger partial charge in [0.25, 0.3) is 0 Å². The summed E-state index contributed by atoms with van der Waals surface area (Å²) < 4.78 is 53.0. The van der Waals surface area contributed by atoms with Crippen molar-refractivity contribution in [3.63, 3.8) is 0 Å². The van der Waals surface area contributed by atoms with E-state index in [1.807, 2.05) is 155 Å². The van der Waals surface area contributed by atoms with Crippen LogP contribution in [-0.2, 0) is 16.4 Å². The van der Waals surface area contributed by atoms with Crippen molar-refractivity contribution in [2.24, 2.45) is 5.92 Å². The molecular weight excluding hydrogens is 983 g/mol. The van der Waals surface area contributed by atoms with Crippen molar-refractivity contribution >= 4 is 49.5 Å². The number of hydrogen-bond donors (Lipinski definition) is 0. The van der Waals surface area contributed by atoms with Crippen LogP contribution in [0.3, 0.4) is 0 Å². The molecule has 400 valence electrons. The van der Waals surface area contributed by atoms with E-state index in [1.165, 1.54) is 5.57 Å². The molecule has 10 heteroatoms. The number of allylic oxidation sites excluding steroid dienone is 3. The van der Waals surface area contributed by atoms with Crippen molar-refractivity contribution in [2.45, 2.75) is 94.4 Å².